The molecule has 13 heavy (non-hydrogen) atoms. The maximum Gasteiger partial charge on any atom is 0.152 e. The lowest BCUT2D eigenvalue weighted by Gasteiger charge is -2.21. The van der Waals surface area contributed by atoms with Crippen LogP contribution in [0.3, 0.4) is 0 Å². The number of allylic oxidation sites excluding steroid dienone is 2. The fourth-order valence-electron chi connectivity index (χ4n) is 1.97. The Morgan fingerprint density at radius 3 is 2.62 bits per heavy atom. The summed E-state index contributed by atoms with van der Waals surface area (Å²) in [5.41, 5.74) is 1.84. The average Bonchev–Trinajstić information content (AvgIpc) is 2.12. The van der Waals surface area contributed by atoms with Crippen molar-refractivity contribution in [3.8, 4) is 0 Å². The summed E-state index contributed by atoms with van der Waals surface area (Å²) in [6.07, 6.45) is 7.84. The van der Waals surface area contributed by atoms with Crippen molar-refractivity contribution in [1.29, 1.82) is 0 Å². The Morgan fingerprint density at radius 2 is 2.00 bits per heavy atom. The standard InChI is InChI=1S/C12H20O/c1-10(13)9-11-5-4-7-12(2,3)8-6-11/h9H,4-8H2,1-3H3/b11-9-. The SMILES string of the molecule is CC(=O)/C=C1/CCCC(C)(C)CC1. The van der Waals surface area contributed by atoms with Crippen molar-refractivity contribution in [2.75, 3.05) is 0 Å². The number of ketones is 1. The van der Waals surface area contributed by atoms with E-state index >= 15 is 0 Å². The monoisotopic (exact) mass is 180 g/mol. The molecule has 0 radical (unpaired) electrons. The summed E-state index contributed by atoms with van der Waals surface area (Å²) in [5.74, 6) is 0.203. The Bertz CT molecular complexity index is 223. The molecule has 0 aromatic carbocycles. The lowest BCUT2D eigenvalue weighted by atomic mass is 9.85. The van der Waals surface area contributed by atoms with E-state index < -0.39 is 0 Å². The second-order valence-electron chi connectivity index (χ2n) is 4.93. The van der Waals surface area contributed by atoms with Gasteiger partial charge in [0.05, 0.1) is 0 Å². The summed E-state index contributed by atoms with van der Waals surface area (Å²) < 4.78 is 0. The molecule has 0 amide bonds. The number of hydrogen-bond donors (Lipinski definition) is 0. The van der Waals surface area contributed by atoms with Crippen molar-refractivity contribution < 1.29 is 4.79 Å². The van der Waals surface area contributed by atoms with Crippen LogP contribution in [0.2, 0.25) is 0 Å². The summed E-state index contributed by atoms with van der Waals surface area (Å²) in [6.45, 7) is 6.29. The lowest BCUT2D eigenvalue weighted by molar-refractivity contribution is -0.112. The summed E-state index contributed by atoms with van der Waals surface area (Å²) in [5, 5.41) is 0. The quantitative estimate of drug-likeness (QED) is 0.446. The maximum absolute atomic E-state index is 10.9. The number of hydrogen-bond acceptors (Lipinski definition) is 1. The van der Waals surface area contributed by atoms with Crippen LogP contribution in [0.25, 0.3) is 0 Å². The number of rotatable bonds is 1. The van der Waals surface area contributed by atoms with E-state index in [4.69, 9.17) is 0 Å². The molecular formula is C12H20O. The number of carbonyl (C=O) groups is 1. The van der Waals surface area contributed by atoms with Gasteiger partial charge in [0.25, 0.3) is 0 Å². The van der Waals surface area contributed by atoms with Gasteiger partial charge in [-0.3, -0.25) is 4.79 Å². The molecule has 0 heterocycles. The molecule has 1 saturated carbocycles. The van der Waals surface area contributed by atoms with Gasteiger partial charge in [-0.25, -0.2) is 0 Å². The van der Waals surface area contributed by atoms with Gasteiger partial charge in [-0.1, -0.05) is 19.4 Å². The minimum Gasteiger partial charge on any atom is -0.295 e. The Morgan fingerprint density at radius 1 is 1.31 bits per heavy atom. The summed E-state index contributed by atoms with van der Waals surface area (Å²) in [7, 11) is 0. The zero-order chi connectivity index (χ0) is 9.90. The first-order valence-electron chi connectivity index (χ1n) is 5.20. The highest BCUT2D eigenvalue weighted by atomic mass is 16.1. The molecule has 0 aromatic rings. The van der Waals surface area contributed by atoms with Gasteiger partial charge >= 0.3 is 0 Å². The van der Waals surface area contributed by atoms with Gasteiger partial charge in [0, 0.05) is 0 Å². The van der Waals surface area contributed by atoms with E-state index in [1.54, 1.807) is 6.92 Å². The second-order valence-corrected chi connectivity index (χ2v) is 4.93. The predicted molar refractivity (Wildman–Crippen MR) is 55.6 cm³/mol. The molecule has 0 N–H and O–H groups in total. The van der Waals surface area contributed by atoms with Crippen molar-refractivity contribution in [3.63, 3.8) is 0 Å². The van der Waals surface area contributed by atoms with Crippen LogP contribution >= 0.6 is 0 Å². The van der Waals surface area contributed by atoms with Crippen LogP contribution in [0, 0.1) is 5.41 Å². The van der Waals surface area contributed by atoms with Crippen molar-refractivity contribution in [1.82, 2.24) is 0 Å². The fraction of sp³-hybridized carbons (Fsp3) is 0.750. The smallest absolute Gasteiger partial charge is 0.152 e. The maximum atomic E-state index is 10.9. The van der Waals surface area contributed by atoms with Gasteiger partial charge in [-0.05, 0) is 50.5 Å². The van der Waals surface area contributed by atoms with Gasteiger partial charge in [-0.2, -0.15) is 0 Å². The highest BCUT2D eigenvalue weighted by molar-refractivity contribution is 5.87. The van der Waals surface area contributed by atoms with Gasteiger partial charge < -0.3 is 0 Å². The first-order valence-corrected chi connectivity index (χ1v) is 5.20. The first-order chi connectivity index (χ1) is 5.99. The highest BCUT2D eigenvalue weighted by Gasteiger charge is 2.21. The van der Waals surface area contributed by atoms with Crippen LogP contribution < -0.4 is 0 Å². The van der Waals surface area contributed by atoms with Gasteiger partial charge in [-0.15, -0.1) is 0 Å². The van der Waals surface area contributed by atoms with Gasteiger partial charge in [0.1, 0.15) is 0 Å². The third-order valence-corrected chi connectivity index (χ3v) is 2.88. The second kappa shape index (κ2) is 4.08. The Hall–Kier alpha value is -0.590. The molecule has 0 bridgehead atoms. The van der Waals surface area contributed by atoms with Crippen LogP contribution in [-0.4, -0.2) is 5.78 Å². The molecule has 1 aliphatic carbocycles. The molecule has 0 atom stereocenters. The molecule has 0 saturated heterocycles. The van der Waals surface area contributed by atoms with Crippen molar-refractivity contribution >= 4 is 5.78 Å². The van der Waals surface area contributed by atoms with Crippen LogP contribution in [0.5, 0.6) is 0 Å². The molecule has 1 aliphatic rings. The summed E-state index contributed by atoms with van der Waals surface area (Å²) >= 11 is 0. The van der Waals surface area contributed by atoms with E-state index in [0.29, 0.717) is 5.41 Å². The fourth-order valence-corrected chi connectivity index (χ4v) is 1.97. The highest BCUT2D eigenvalue weighted by Crippen LogP contribution is 2.35. The first kappa shape index (κ1) is 10.5. The number of carbonyl (C=O) groups excluding carboxylic acids is 1. The summed E-state index contributed by atoms with van der Waals surface area (Å²) in [6, 6.07) is 0. The topological polar surface area (TPSA) is 17.1 Å². The van der Waals surface area contributed by atoms with E-state index in [1.807, 2.05) is 6.08 Å². The Balaban J connectivity index is 2.59. The Labute approximate surface area is 81.2 Å². The molecule has 1 heteroatoms. The van der Waals surface area contributed by atoms with E-state index in [9.17, 15) is 4.79 Å². The van der Waals surface area contributed by atoms with Gasteiger partial charge in [0.2, 0.25) is 0 Å². The van der Waals surface area contributed by atoms with Crippen LogP contribution in [0.1, 0.15) is 52.9 Å². The zero-order valence-electron chi connectivity index (χ0n) is 9.02. The normalized spacial score (nSPS) is 25.6. The van der Waals surface area contributed by atoms with Crippen LogP contribution in [0.15, 0.2) is 11.6 Å². The zero-order valence-corrected chi connectivity index (χ0v) is 9.02. The third-order valence-electron chi connectivity index (χ3n) is 2.88. The predicted octanol–water partition coefficient (Wildman–Crippen LogP) is 3.49. The summed E-state index contributed by atoms with van der Waals surface area (Å²) in [4.78, 5) is 10.9. The van der Waals surface area contributed by atoms with Crippen molar-refractivity contribution in [3.05, 3.63) is 11.6 Å². The minimum absolute atomic E-state index is 0.203. The van der Waals surface area contributed by atoms with Crippen molar-refractivity contribution in [2.45, 2.75) is 52.9 Å². The largest absolute Gasteiger partial charge is 0.295 e. The lowest BCUT2D eigenvalue weighted by Crippen LogP contribution is -2.08. The average molecular weight is 180 g/mol. The Kier molecular flexibility index (Phi) is 3.29. The van der Waals surface area contributed by atoms with Gasteiger partial charge in [0.15, 0.2) is 5.78 Å². The van der Waals surface area contributed by atoms with E-state index in [1.165, 1.54) is 24.8 Å². The van der Waals surface area contributed by atoms with E-state index in [2.05, 4.69) is 13.8 Å². The molecule has 1 nitrogen and oxygen atoms in total. The molecule has 0 aliphatic heterocycles. The van der Waals surface area contributed by atoms with Crippen molar-refractivity contribution in [2.24, 2.45) is 5.41 Å². The minimum atomic E-state index is 0.203. The molecule has 0 aromatic heterocycles. The molecule has 0 spiro atoms. The van der Waals surface area contributed by atoms with E-state index in [-0.39, 0.29) is 5.78 Å². The molecular weight excluding hydrogens is 160 g/mol. The molecule has 1 fully saturated rings. The molecule has 1 rings (SSSR count). The third kappa shape index (κ3) is 3.75. The molecule has 74 valence electrons. The van der Waals surface area contributed by atoms with Crippen LogP contribution in [-0.2, 0) is 4.79 Å². The molecule has 0 unspecified atom stereocenters. The van der Waals surface area contributed by atoms with Crippen LogP contribution in [0.4, 0.5) is 0 Å². The van der Waals surface area contributed by atoms with E-state index in [0.717, 1.165) is 12.8 Å².